The minimum absolute atomic E-state index is 0.0571. The number of ether oxygens (including phenoxy) is 1. The first-order valence-corrected chi connectivity index (χ1v) is 5.54. The van der Waals surface area contributed by atoms with Crippen LogP contribution in [-0.4, -0.2) is 29.2 Å². The van der Waals surface area contributed by atoms with Gasteiger partial charge in [0.15, 0.2) is 0 Å². The van der Waals surface area contributed by atoms with Crippen molar-refractivity contribution in [2.45, 2.75) is 38.3 Å². The maximum absolute atomic E-state index is 11.5. The lowest BCUT2D eigenvalue weighted by Gasteiger charge is -2.58. The lowest BCUT2D eigenvalue weighted by Crippen LogP contribution is -2.58. The molecule has 5 aliphatic rings. The normalized spacial score (nSPS) is 55.7. The van der Waals surface area contributed by atoms with Gasteiger partial charge >= 0.3 is 6.09 Å². The minimum Gasteiger partial charge on any atom is -0.447 e. The molecule has 3 aliphatic carbocycles. The molecule has 14 heavy (non-hydrogen) atoms. The zero-order chi connectivity index (χ0) is 9.72. The van der Waals surface area contributed by atoms with Gasteiger partial charge in [-0.05, 0) is 30.1 Å². The van der Waals surface area contributed by atoms with E-state index in [1.165, 1.54) is 12.8 Å². The minimum atomic E-state index is -0.0571. The molecule has 1 amide bonds. The number of nitrogens with zero attached hydrogens (tertiary/aromatic N) is 1. The fraction of sp³-hybridized carbons (Fsp3) is 0.909. The predicted molar refractivity (Wildman–Crippen MR) is 49.7 cm³/mol. The third kappa shape index (κ3) is 0.490. The smallest absolute Gasteiger partial charge is 0.410 e. The Morgan fingerprint density at radius 1 is 1.43 bits per heavy atom. The van der Waals surface area contributed by atoms with E-state index < -0.39 is 0 Å². The Bertz CT molecular complexity index is 351. The molecule has 2 bridgehead atoms. The number of cyclic esters (lactones) is 1. The van der Waals surface area contributed by atoms with Gasteiger partial charge in [-0.25, -0.2) is 4.79 Å². The van der Waals surface area contributed by atoms with Crippen molar-refractivity contribution in [3.05, 3.63) is 0 Å². The summed E-state index contributed by atoms with van der Waals surface area (Å²) >= 11 is 0. The molecule has 5 rings (SSSR count). The number of rotatable bonds is 0. The molecule has 2 heterocycles. The van der Waals surface area contributed by atoms with E-state index in [-0.39, 0.29) is 11.6 Å². The summed E-state index contributed by atoms with van der Waals surface area (Å²) in [4.78, 5) is 13.5. The Balaban J connectivity index is 1.79. The van der Waals surface area contributed by atoms with Crippen LogP contribution in [0.5, 0.6) is 0 Å². The van der Waals surface area contributed by atoms with Crippen LogP contribution in [0, 0.1) is 17.3 Å². The van der Waals surface area contributed by atoms with Gasteiger partial charge in [-0.3, -0.25) is 4.90 Å². The maximum Gasteiger partial charge on any atom is 0.410 e. The first kappa shape index (κ1) is 7.55. The topological polar surface area (TPSA) is 29.3 Å². The molecule has 1 spiro atoms. The molecule has 4 atom stereocenters. The first-order chi connectivity index (χ1) is 6.58. The van der Waals surface area contributed by atoms with Crippen LogP contribution in [-0.2, 0) is 4.74 Å². The molecular formula is C11H15NO2. The number of carbonyl (C=O) groups excluding carboxylic acids is 1. The van der Waals surface area contributed by atoms with E-state index in [2.05, 4.69) is 13.8 Å². The van der Waals surface area contributed by atoms with Crippen LogP contribution < -0.4 is 0 Å². The lowest BCUT2D eigenvalue weighted by atomic mass is 9.45. The monoisotopic (exact) mass is 193 g/mol. The van der Waals surface area contributed by atoms with Crippen LogP contribution in [0.4, 0.5) is 4.79 Å². The van der Waals surface area contributed by atoms with Gasteiger partial charge in [0.25, 0.3) is 0 Å². The highest BCUT2D eigenvalue weighted by molar-refractivity contribution is 5.78. The quantitative estimate of drug-likeness (QED) is 0.547. The van der Waals surface area contributed by atoms with E-state index in [0.29, 0.717) is 24.0 Å². The largest absolute Gasteiger partial charge is 0.447 e. The average molecular weight is 193 g/mol. The van der Waals surface area contributed by atoms with Gasteiger partial charge in [-0.1, -0.05) is 13.8 Å². The summed E-state index contributed by atoms with van der Waals surface area (Å²) in [5, 5.41) is 0. The van der Waals surface area contributed by atoms with Crippen molar-refractivity contribution in [1.29, 1.82) is 0 Å². The summed E-state index contributed by atoms with van der Waals surface area (Å²) in [7, 11) is 0. The molecule has 5 fully saturated rings. The molecule has 0 aromatic rings. The summed E-state index contributed by atoms with van der Waals surface area (Å²) in [5.41, 5.74) is 0.592. The van der Waals surface area contributed by atoms with Crippen LogP contribution in [0.3, 0.4) is 0 Å². The van der Waals surface area contributed by atoms with E-state index in [1.807, 2.05) is 4.90 Å². The van der Waals surface area contributed by atoms with Crippen LogP contribution in [0.15, 0.2) is 0 Å². The fourth-order valence-corrected chi connectivity index (χ4v) is 4.46. The third-order valence-electron chi connectivity index (χ3n) is 5.47. The Morgan fingerprint density at radius 2 is 2.21 bits per heavy atom. The van der Waals surface area contributed by atoms with Gasteiger partial charge in [0.1, 0.15) is 12.1 Å². The fourth-order valence-electron chi connectivity index (χ4n) is 4.46. The van der Waals surface area contributed by atoms with Gasteiger partial charge in [0.05, 0.1) is 6.04 Å². The zero-order valence-corrected chi connectivity index (χ0v) is 8.62. The summed E-state index contributed by atoms with van der Waals surface area (Å²) in [6, 6.07) is 0.542. The van der Waals surface area contributed by atoms with Gasteiger partial charge in [0.2, 0.25) is 0 Å². The second-order valence-corrected chi connectivity index (χ2v) is 5.97. The molecule has 0 radical (unpaired) electrons. The summed E-state index contributed by atoms with van der Waals surface area (Å²) in [6.45, 7) is 5.38. The van der Waals surface area contributed by atoms with Crippen LogP contribution in [0.1, 0.15) is 26.7 Å². The van der Waals surface area contributed by atoms with E-state index in [4.69, 9.17) is 4.74 Å². The third-order valence-corrected chi connectivity index (χ3v) is 5.47. The standard InChI is InChI=1S/C11H15NO2/c1-10(2)6-3-7(10)11-5-14-9(13)12(11)8(11)4-6/h6-8H,3-5H2,1-2H3/t6-,7-,8+,11-,12?/m1/s1. The number of hydrogen-bond donors (Lipinski definition) is 0. The average Bonchev–Trinajstić information content (AvgIpc) is 2.73. The summed E-state index contributed by atoms with van der Waals surface area (Å²) < 4.78 is 5.15. The molecule has 3 saturated carbocycles. The Labute approximate surface area is 83.4 Å². The molecule has 0 aromatic heterocycles. The van der Waals surface area contributed by atoms with Crippen molar-refractivity contribution >= 4 is 6.09 Å². The highest BCUT2D eigenvalue weighted by Crippen LogP contribution is 2.73. The van der Waals surface area contributed by atoms with Crippen molar-refractivity contribution in [2.24, 2.45) is 17.3 Å². The molecule has 2 aliphatic heterocycles. The number of amides is 1. The molecular weight excluding hydrogens is 178 g/mol. The highest BCUT2D eigenvalue weighted by atomic mass is 16.6. The van der Waals surface area contributed by atoms with E-state index in [0.717, 1.165) is 5.92 Å². The highest BCUT2D eigenvalue weighted by Gasteiger charge is 2.82. The van der Waals surface area contributed by atoms with Crippen LogP contribution in [0.25, 0.3) is 0 Å². The van der Waals surface area contributed by atoms with E-state index in [1.54, 1.807) is 0 Å². The molecule has 76 valence electrons. The van der Waals surface area contributed by atoms with E-state index >= 15 is 0 Å². The summed E-state index contributed by atoms with van der Waals surface area (Å²) in [5.74, 6) is 1.55. The van der Waals surface area contributed by atoms with Crippen LogP contribution >= 0.6 is 0 Å². The van der Waals surface area contributed by atoms with Crippen molar-refractivity contribution in [3.8, 4) is 0 Å². The SMILES string of the molecule is CC1(C)[C@H]2C[C@@H]3N4C(=O)OC[C@@]34[C@@H]1C2. The first-order valence-electron chi connectivity index (χ1n) is 5.54. The molecule has 0 aromatic carbocycles. The second-order valence-electron chi connectivity index (χ2n) is 5.97. The van der Waals surface area contributed by atoms with Crippen molar-refractivity contribution in [2.75, 3.05) is 6.61 Å². The number of hydrogen-bond acceptors (Lipinski definition) is 2. The van der Waals surface area contributed by atoms with Crippen molar-refractivity contribution in [1.82, 2.24) is 4.90 Å². The Hall–Kier alpha value is -0.730. The van der Waals surface area contributed by atoms with Gasteiger partial charge in [-0.15, -0.1) is 0 Å². The maximum atomic E-state index is 11.5. The van der Waals surface area contributed by atoms with Crippen molar-refractivity contribution < 1.29 is 9.53 Å². The molecule has 0 unspecified atom stereocenters. The van der Waals surface area contributed by atoms with Gasteiger partial charge < -0.3 is 4.74 Å². The molecule has 3 nitrogen and oxygen atoms in total. The molecule has 2 saturated heterocycles. The second kappa shape index (κ2) is 1.70. The lowest BCUT2D eigenvalue weighted by molar-refractivity contribution is -0.0831. The predicted octanol–water partition coefficient (Wildman–Crippen LogP) is 1.63. The zero-order valence-electron chi connectivity index (χ0n) is 8.62. The number of carbonyl (C=O) groups is 1. The summed E-state index contributed by atoms with van der Waals surface area (Å²) in [6.07, 6.45) is 2.48. The van der Waals surface area contributed by atoms with Crippen molar-refractivity contribution in [3.63, 3.8) is 0 Å². The van der Waals surface area contributed by atoms with Gasteiger partial charge in [0, 0.05) is 0 Å². The van der Waals surface area contributed by atoms with E-state index in [9.17, 15) is 4.79 Å². The van der Waals surface area contributed by atoms with Gasteiger partial charge in [-0.2, -0.15) is 0 Å². The molecule has 0 N–H and O–H groups in total. The van der Waals surface area contributed by atoms with Crippen LogP contribution in [0.2, 0.25) is 0 Å². The Kier molecular flexibility index (Phi) is 0.917. The molecule has 3 heteroatoms. The Morgan fingerprint density at radius 3 is 2.93 bits per heavy atom.